The normalized spacial score (nSPS) is 13.4. The average molecular weight is 659 g/mol. The van der Waals surface area contributed by atoms with Crippen molar-refractivity contribution in [2.45, 2.75) is 53.3 Å². The van der Waals surface area contributed by atoms with Crippen LogP contribution in [0.3, 0.4) is 0 Å². The second-order valence-corrected chi connectivity index (χ2v) is 14.0. The Labute approximate surface area is 294 Å². The Hall–Kier alpha value is -5.75. The van der Waals surface area contributed by atoms with E-state index in [-0.39, 0.29) is 23.2 Å². The van der Waals surface area contributed by atoms with Gasteiger partial charge in [-0.25, -0.2) is 14.5 Å². The Bertz CT molecular complexity index is 2880. The van der Waals surface area contributed by atoms with Gasteiger partial charge in [-0.1, -0.05) is 76.2 Å². The first-order chi connectivity index (χ1) is 25.4. The van der Waals surface area contributed by atoms with Crippen LogP contribution in [-0.2, 0) is 7.05 Å². The molecule has 0 aliphatic heterocycles. The molecular weight excluding hydrogens is 617 g/mol. The lowest BCUT2D eigenvalue weighted by molar-refractivity contribution is -0.633. The summed E-state index contributed by atoms with van der Waals surface area (Å²) in [6, 6.07) is 33.3. The molecule has 0 atom stereocenters. The molecule has 9 aromatic rings. The molecule has 6 heteroatoms. The largest absolute Gasteiger partial charge is 0.453 e. The third-order valence-corrected chi connectivity index (χ3v) is 10.1. The van der Waals surface area contributed by atoms with Gasteiger partial charge in [-0.3, -0.25) is 0 Å². The van der Waals surface area contributed by atoms with E-state index in [1.54, 1.807) is 6.07 Å². The predicted octanol–water partition coefficient (Wildman–Crippen LogP) is 11.2. The van der Waals surface area contributed by atoms with Gasteiger partial charge in [-0.15, -0.1) is 0 Å². The van der Waals surface area contributed by atoms with Gasteiger partial charge in [0, 0.05) is 32.4 Å². The predicted molar refractivity (Wildman–Crippen MR) is 203 cm³/mol. The molecule has 0 saturated carbocycles. The van der Waals surface area contributed by atoms with Crippen LogP contribution in [0.5, 0.6) is 0 Å². The van der Waals surface area contributed by atoms with E-state index in [0.29, 0.717) is 27.6 Å². The van der Waals surface area contributed by atoms with E-state index in [4.69, 9.17) is 17.9 Å². The number of aromatic nitrogens is 4. The highest BCUT2D eigenvalue weighted by molar-refractivity contribution is 6.12. The molecule has 0 N–H and O–H groups in total. The minimum absolute atomic E-state index is 0.0162. The fourth-order valence-electron chi connectivity index (χ4n) is 7.62. The topological polar surface area (TPSA) is 60.9 Å². The number of nitrogens with zero attached hydrogens (tertiary/aromatic N) is 4. The van der Waals surface area contributed by atoms with Gasteiger partial charge in [0.15, 0.2) is 27.8 Å². The molecule has 5 heterocycles. The Balaban J connectivity index is 1.35. The number of pyridine rings is 2. The monoisotopic (exact) mass is 658 g/mol. The van der Waals surface area contributed by atoms with Crippen molar-refractivity contribution in [3.63, 3.8) is 0 Å². The Morgan fingerprint density at radius 2 is 1.40 bits per heavy atom. The lowest BCUT2D eigenvalue weighted by atomic mass is 9.88. The molecule has 246 valence electrons. The number of para-hydroxylation sites is 2. The molecule has 0 aliphatic carbocycles. The van der Waals surface area contributed by atoms with Crippen molar-refractivity contribution in [2.75, 3.05) is 0 Å². The van der Waals surface area contributed by atoms with E-state index in [0.717, 1.165) is 39.0 Å². The van der Waals surface area contributed by atoms with Gasteiger partial charge < -0.3 is 8.83 Å². The molecule has 50 heavy (non-hydrogen) atoms. The van der Waals surface area contributed by atoms with Crippen molar-refractivity contribution in [3.8, 4) is 28.2 Å². The second kappa shape index (κ2) is 11.1. The summed E-state index contributed by atoms with van der Waals surface area (Å²) in [7, 11) is 2.13. The molecule has 0 spiro atoms. The van der Waals surface area contributed by atoms with Crippen molar-refractivity contribution >= 4 is 55.3 Å². The first-order valence-electron chi connectivity index (χ1n) is 18.7. The van der Waals surface area contributed by atoms with Crippen LogP contribution < -0.4 is 4.57 Å². The zero-order chi connectivity index (χ0) is 36.9. The van der Waals surface area contributed by atoms with Crippen molar-refractivity contribution in [2.24, 2.45) is 7.05 Å². The van der Waals surface area contributed by atoms with Gasteiger partial charge in [-0.05, 0) is 84.8 Å². The maximum atomic E-state index is 7.80. The summed E-state index contributed by atoms with van der Waals surface area (Å²) >= 11 is 0. The Morgan fingerprint density at radius 3 is 2.14 bits per heavy atom. The van der Waals surface area contributed by atoms with Crippen LogP contribution in [0.2, 0.25) is 0 Å². The van der Waals surface area contributed by atoms with Crippen LogP contribution in [0.4, 0.5) is 0 Å². The molecule has 6 nitrogen and oxygen atoms in total. The average Bonchev–Trinajstić information content (AvgIpc) is 3.78. The highest BCUT2D eigenvalue weighted by atomic mass is 16.3. The molecule has 0 unspecified atom stereocenters. The molecule has 0 amide bonds. The SMILES string of the molecule is [2H]C([2H])([2H])c1ccc2c(n1)oc1cc3oc4c(-c5n(-c6c(C(C)C)cc(-c7ccccc7)cc6C(C)C)c6ccccc6[n+]5C)c(C)ccc4c3nc12. The highest BCUT2D eigenvalue weighted by Crippen LogP contribution is 2.43. The fourth-order valence-corrected chi connectivity index (χ4v) is 7.62. The molecule has 9 rings (SSSR count). The van der Waals surface area contributed by atoms with Crippen LogP contribution in [-0.4, -0.2) is 14.5 Å². The van der Waals surface area contributed by atoms with Crippen molar-refractivity contribution in [3.05, 3.63) is 119 Å². The van der Waals surface area contributed by atoms with E-state index in [9.17, 15) is 0 Å². The van der Waals surface area contributed by atoms with Gasteiger partial charge >= 0.3 is 0 Å². The van der Waals surface area contributed by atoms with Gasteiger partial charge in [-0.2, -0.15) is 4.57 Å². The Kier molecular flexibility index (Phi) is 6.04. The number of hydrogen-bond donors (Lipinski definition) is 0. The minimum Gasteiger partial charge on any atom is -0.453 e. The molecule has 5 aromatic heterocycles. The molecular formula is C44H39N4O2+. The molecule has 0 saturated heterocycles. The van der Waals surface area contributed by atoms with Gasteiger partial charge in [0.2, 0.25) is 5.71 Å². The van der Waals surface area contributed by atoms with Gasteiger partial charge in [0.25, 0.3) is 5.82 Å². The summed E-state index contributed by atoms with van der Waals surface area (Å²) in [5.74, 6) is 1.50. The summed E-state index contributed by atoms with van der Waals surface area (Å²) < 4.78 is 41.0. The third-order valence-electron chi connectivity index (χ3n) is 10.1. The first-order valence-corrected chi connectivity index (χ1v) is 17.2. The van der Waals surface area contributed by atoms with Crippen LogP contribution in [0.15, 0.2) is 106 Å². The number of hydrogen-bond acceptors (Lipinski definition) is 4. The number of fused-ring (bicyclic) bond motifs is 7. The zero-order valence-corrected chi connectivity index (χ0v) is 29.0. The van der Waals surface area contributed by atoms with Gasteiger partial charge in [0.05, 0.1) is 12.4 Å². The van der Waals surface area contributed by atoms with Crippen molar-refractivity contribution in [1.82, 2.24) is 14.5 Å². The zero-order valence-electron chi connectivity index (χ0n) is 32.0. The third kappa shape index (κ3) is 4.44. The minimum atomic E-state index is -2.34. The van der Waals surface area contributed by atoms with Crippen LogP contribution >= 0.6 is 0 Å². The van der Waals surface area contributed by atoms with Crippen LogP contribution in [0, 0.1) is 13.8 Å². The first kappa shape index (κ1) is 27.1. The van der Waals surface area contributed by atoms with Crippen LogP contribution in [0.1, 0.15) is 66.0 Å². The summed E-state index contributed by atoms with van der Waals surface area (Å²) in [6.45, 7) is 8.90. The van der Waals surface area contributed by atoms with Gasteiger partial charge in [0.1, 0.15) is 22.3 Å². The second-order valence-electron chi connectivity index (χ2n) is 14.0. The summed E-state index contributed by atoms with van der Waals surface area (Å²) in [5.41, 5.74) is 13.8. The smallest absolute Gasteiger partial charge is 0.299 e. The quantitative estimate of drug-likeness (QED) is 0.173. The Morgan fingerprint density at radius 1 is 0.720 bits per heavy atom. The van der Waals surface area contributed by atoms with E-state index >= 15 is 0 Å². The number of benzene rings is 4. The molecule has 0 fully saturated rings. The lowest BCUT2D eigenvalue weighted by Gasteiger charge is -2.21. The van der Waals surface area contributed by atoms with E-state index in [1.165, 1.54) is 34.0 Å². The van der Waals surface area contributed by atoms with E-state index < -0.39 is 6.85 Å². The molecule has 4 aromatic carbocycles. The molecule has 0 aliphatic rings. The van der Waals surface area contributed by atoms with Crippen LogP contribution in [0.25, 0.3) is 83.5 Å². The summed E-state index contributed by atoms with van der Waals surface area (Å²) in [4.78, 5) is 9.40. The summed E-state index contributed by atoms with van der Waals surface area (Å²) in [6.07, 6.45) is 0. The number of imidazole rings is 1. The van der Waals surface area contributed by atoms with Crippen molar-refractivity contribution < 1.29 is 17.5 Å². The summed E-state index contributed by atoms with van der Waals surface area (Å²) in [5, 5.41) is 1.54. The maximum absolute atomic E-state index is 7.80. The number of aryl methyl sites for hydroxylation is 3. The van der Waals surface area contributed by atoms with Crippen molar-refractivity contribution in [1.29, 1.82) is 0 Å². The van der Waals surface area contributed by atoms with E-state index in [2.05, 4.69) is 135 Å². The number of rotatable bonds is 5. The highest BCUT2D eigenvalue weighted by Gasteiger charge is 2.34. The number of furan rings is 2. The fraction of sp³-hybridized carbons (Fsp3) is 0.205. The molecule has 0 radical (unpaired) electrons. The molecule has 0 bridgehead atoms. The maximum Gasteiger partial charge on any atom is 0.299 e. The standard InChI is InChI=1S/C44H39N4O2/c1-24(2)32-21-29(28-13-9-8-10-14-28)22-33(25(3)4)41(32)48-35-16-12-11-15-34(35)47(7)44(48)38-26(5)17-19-30-39-36(49-42(30)38)23-37-40(46-39)31-20-18-27(6)45-43(31)50-37/h8-25H,1-7H3/q+1/i6D3. The lowest BCUT2D eigenvalue weighted by Crippen LogP contribution is -2.30. The van der Waals surface area contributed by atoms with E-state index in [1.807, 2.05) is 6.07 Å².